The zero-order valence-electron chi connectivity index (χ0n) is 12.1. The number of para-hydroxylation sites is 1. The van der Waals surface area contributed by atoms with E-state index in [-0.39, 0.29) is 5.91 Å². The number of carbonyl (C=O) groups excluding carboxylic acids is 1. The van der Waals surface area contributed by atoms with Crippen molar-refractivity contribution in [3.63, 3.8) is 0 Å². The first-order valence-electron chi connectivity index (χ1n) is 6.35. The van der Waals surface area contributed by atoms with Gasteiger partial charge in [0.1, 0.15) is 0 Å². The molecule has 0 heterocycles. The van der Waals surface area contributed by atoms with Crippen molar-refractivity contribution in [2.45, 2.75) is 6.92 Å². The van der Waals surface area contributed by atoms with E-state index >= 15 is 0 Å². The van der Waals surface area contributed by atoms with Gasteiger partial charge in [-0.2, -0.15) is 0 Å². The summed E-state index contributed by atoms with van der Waals surface area (Å²) in [6.45, 7) is 1.94. The third kappa shape index (κ3) is 3.36. The molecule has 0 fully saturated rings. The zero-order valence-corrected chi connectivity index (χ0v) is 13.7. The molecule has 0 unspecified atom stereocenters. The van der Waals surface area contributed by atoms with Crippen LogP contribution >= 0.6 is 15.9 Å². The fourth-order valence-corrected chi connectivity index (χ4v) is 2.56. The van der Waals surface area contributed by atoms with E-state index in [0.717, 1.165) is 11.3 Å². The molecule has 2 aromatic rings. The summed E-state index contributed by atoms with van der Waals surface area (Å²) in [7, 11) is 3.09. The van der Waals surface area contributed by atoms with Crippen molar-refractivity contribution in [3.05, 3.63) is 52.0 Å². The maximum Gasteiger partial charge on any atom is 0.255 e. The van der Waals surface area contributed by atoms with Crippen molar-refractivity contribution in [2.75, 3.05) is 19.5 Å². The molecule has 110 valence electrons. The van der Waals surface area contributed by atoms with Gasteiger partial charge in [0.2, 0.25) is 0 Å². The van der Waals surface area contributed by atoms with Gasteiger partial charge in [0, 0.05) is 11.3 Å². The van der Waals surface area contributed by atoms with E-state index in [0.29, 0.717) is 21.5 Å². The van der Waals surface area contributed by atoms with Gasteiger partial charge in [0.25, 0.3) is 5.91 Å². The molecule has 2 aromatic carbocycles. The van der Waals surface area contributed by atoms with E-state index in [9.17, 15) is 4.79 Å². The number of carbonyl (C=O) groups is 1. The van der Waals surface area contributed by atoms with E-state index in [1.807, 2.05) is 31.2 Å². The van der Waals surface area contributed by atoms with Crippen LogP contribution in [0.1, 0.15) is 15.9 Å². The molecule has 0 aliphatic rings. The van der Waals surface area contributed by atoms with Crippen LogP contribution < -0.4 is 14.8 Å². The van der Waals surface area contributed by atoms with Gasteiger partial charge in [0.15, 0.2) is 11.5 Å². The predicted octanol–water partition coefficient (Wildman–Crippen LogP) is 4.03. The molecular weight excluding hydrogens is 334 g/mol. The maximum atomic E-state index is 12.4. The van der Waals surface area contributed by atoms with Crippen LogP contribution in [0.5, 0.6) is 11.5 Å². The summed E-state index contributed by atoms with van der Waals surface area (Å²) in [6.07, 6.45) is 0. The first-order chi connectivity index (χ1) is 10.1. The number of ether oxygens (including phenoxy) is 2. The average Bonchev–Trinajstić information content (AvgIpc) is 2.48. The van der Waals surface area contributed by atoms with Crippen LogP contribution in [-0.2, 0) is 0 Å². The SMILES string of the molecule is COc1cc(C(=O)Nc2ccccc2C)cc(Br)c1OC. The Morgan fingerprint density at radius 2 is 1.86 bits per heavy atom. The van der Waals surface area contributed by atoms with Gasteiger partial charge in [-0.05, 0) is 46.6 Å². The highest BCUT2D eigenvalue weighted by Crippen LogP contribution is 2.36. The molecule has 0 aliphatic carbocycles. The maximum absolute atomic E-state index is 12.4. The number of rotatable bonds is 4. The Kier molecular flexibility index (Phi) is 4.85. The molecule has 0 atom stereocenters. The summed E-state index contributed by atoms with van der Waals surface area (Å²) < 4.78 is 11.1. The number of hydrogen-bond acceptors (Lipinski definition) is 3. The minimum Gasteiger partial charge on any atom is -0.493 e. The molecule has 0 saturated carbocycles. The molecular formula is C16H16BrNO3. The first kappa shape index (κ1) is 15.4. The Morgan fingerprint density at radius 1 is 1.14 bits per heavy atom. The van der Waals surface area contributed by atoms with Gasteiger partial charge < -0.3 is 14.8 Å². The fourth-order valence-electron chi connectivity index (χ4n) is 1.96. The fraction of sp³-hybridized carbons (Fsp3) is 0.188. The lowest BCUT2D eigenvalue weighted by molar-refractivity contribution is 0.102. The number of nitrogens with one attached hydrogen (secondary N) is 1. The largest absolute Gasteiger partial charge is 0.493 e. The van der Waals surface area contributed by atoms with Crippen molar-refractivity contribution < 1.29 is 14.3 Å². The lowest BCUT2D eigenvalue weighted by Crippen LogP contribution is -2.13. The number of halogens is 1. The molecule has 0 radical (unpaired) electrons. The van der Waals surface area contributed by atoms with Crippen LogP contribution in [0, 0.1) is 6.92 Å². The Balaban J connectivity index is 2.32. The van der Waals surface area contributed by atoms with Gasteiger partial charge in [-0.1, -0.05) is 18.2 Å². The lowest BCUT2D eigenvalue weighted by atomic mass is 10.1. The first-order valence-corrected chi connectivity index (χ1v) is 7.14. The molecule has 0 saturated heterocycles. The van der Waals surface area contributed by atoms with Gasteiger partial charge in [-0.3, -0.25) is 4.79 Å². The second-order valence-corrected chi connectivity index (χ2v) is 5.32. The number of aryl methyl sites for hydroxylation is 1. The summed E-state index contributed by atoms with van der Waals surface area (Å²) in [5.74, 6) is 0.859. The third-order valence-corrected chi connectivity index (χ3v) is 3.68. The minimum atomic E-state index is -0.203. The summed E-state index contributed by atoms with van der Waals surface area (Å²) in [4.78, 5) is 12.4. The van der Waals surface area contributed by atoms with Gasteiger partial charge in [-0.15, -0.1) is 0 Å². The van der Waals surface area contributed by atoms with Crippen LogP contribution in [-0.4, -0.2) is 20.1 Å². The molecule has 1 N–H and O–H groups in total. The molecule has 0 bridgehead atoms. The smallest absolute Gasteiger partial charge is 0.255 e. The van der Waals surface area contributed by atoms with E-state index in [4.69, 9.17) is 9.47 Å². The quantitative estimate of drug-likeness (QED) is 0.906. The number of benzene rings is 2. The van der Waals surface area contributed by atoms with Crippen LogP contribution in [0.2, 0.25) is 0 Å². The number of hydrogen-bond donors (Lipinski definition) is 1. The van der Waals surface area contributed by atoms with Crippen LogP contribution in [0.4, 0.5) is 5.69 Å². The highest BCUT2D eigenvalue weighted by Gasteiger charge is 2.15. The van der Waals surface area contributed by atoms with Gasteiger partial charge >= 0.3 is 0 Å². The summed E-state index contributed by atoms with van der Waals surface area (Å²) in [6, 6.07) is 11.0. The van der Waals surface area contributed by atoms with Crippen molar-refractivity contribution >= 4 is 27.5 Å². The Bertz CT molecular complexity index is 671. The second kappa shape index (κ2) is 6.63. The molecule has 21 heavy (non-hydrogen) atoms. The molecule has 1 amide bonds. The summed E-state index contributed by atoms with van der Waals surface area (Å²) >= 11 is 3.38. The van der Waals surface area contributed by atoms with Crippen LogP contribution in [0.3, 0.4) is 0 Å². The lowest BCUT2D eigenvalue weighted by Gasteiger charge is -2.13. The zero-order chi connectivity index (χ0) is 15.4. The molecule has 5 heteroatoms. The normalized spacial score (nSPS) is 10.1. The molecule has 4 nitrogen and oxygen atoms in total. The van der Waals surface area contributed by atoms with Crippen molar-refractivity contribution in [3.8, 4) is 11.5 Å². The Hall–Kier alpha value is -2.01. The van der Waals surface area contributed by atoms with E-state index in [1.54, 1.807) is 19.2 Å². The summed E-state index contributed by atoms with van der Waals surface area (Å²) in [5.41, 5.74) is 2.28. The monoisotopic (exact) mass is 349 g/mol. The van der Waals surface area contributed by atoms with Crippen molar-refractivity contribution in [2.24, 2.45) is 0 Å². The van der Waals surface area contributed by atoms with E-state index < -0.39 is 0 Å². The van der Waals surface area contributed by atoms with Crippen LogP contribution in [0.15, 0.2) is 40.9 Å². The molecule has 0 spiro atoms. The third-order valence-electron chi connectivity index (χ3n) is 3.09. The number of anilines is 1. The van der Waals surface area contributed by atoms with Crippen molar-refractivity contribution in [1.82, 2.24) is 0 Å². The molecule has 2 rings (SSSR count). The Morgan fingerprint density at radius 3 is 2.48 bits per heavy atom. The number of methoxy groups -OCH3 is 2. The Labute approximate surface area is 132 Å². The van der Waals surface area contributed by atoms with Crippen molar-refractivity contribution in [1.29, 1.82) is 0 Å². The number of amides is 1. The second-order valence-electron chi connectivity index (χ2n) is 4.46. The topological polar surface area (TPSA) is 47.6 Å². The average molecular weight is 350 g/mol. The highest BCUT2D eigenvalue weighted by molar-refractivity contribution is 9.10. The van der Waals surface area contributed by atoms with Gasteiger partial charge in [0.05, 0.1) is 18.7 Å². The molecule has 0 aliphatic heterocycles. The standard InChI is InChI=1S/C16H16BrNO3/c1-10-6-4-5-7-13(10)18-16(19)11-8-12(17)15(21-3)14(9-11)20-2/h4-9H,1-3H3,(H,18,19). The van der Waals surface area contributed by atoms with Crippen LogP contribution in [0.25, 0.3) is 0 Å². The minimum absolute atomic E-state index is 0.203. The molecule has 0 aromatic heterocycles. The highest BCUT2D eigenvalue weighted by atomic mass is 79.9. The summed E-state index contributed by atoms with van der Waals surface area (Å²) in [5, 5.41) is 2.89. The van der Waals surface area contributed by atoms with E-state index in [1.165, 1.54) is 7.11 Å². The predicted molar refractivity (Wildman–Crippen MR) is 86.4 cm³/mol. The van der Waals surface area contributed by atoms with E-state index in [2.05, 4.69) is 21.2 Å². The van der Waals surface area contributed by atoms with Gasteiger partial charge in [-0.25, -0.2) is 0 Å².